The monoisotopic (exact) mass is 262 g/mol. The molecule has 0 unspecified atom stereocenters. The first-order chi connectivity index (χ1) is 6.60. The number of alkyl halides is 2. The summed E-state index contributed by atoms with van der Waals surface area (Å²) in [6.07, 6.45) is -2.83. The highest BCUT2D eigenvalue weighted by Gasteiger charge is 2.18. The smallest absolute Gasteiger partial charge is 0.281 e. The summed E-state index contributed by atoms with van der Waals surface area (Å²) in [5.41, 5.74) is -0.721. The number of aliphatic hydroxyl groups excluding tert-OH is 1. The highest BCUT2D eigenvalue weighted by atomic mass is 79.9. The minimum absolute atomic E-state index is 0.143. The summed E-state index contributed by atoms with van der Waals surface area (Å²) < 4.78 is 25.0. The lowest BCUT2D eigenvalue weighted by atomic mass is 10.1. The van der Waals surface area contributed by atoms with Crippen molar-refractivity contribution in [3.63, 3.8) is 0 Å². The van der Waals surface area contributed by atoms with Gasteiger partial charge in [0.1, 0.15) is 16.4 Å². The Kier molecular flexibility index (Phi) is 3.49. The highest BCUT2D eigenvalue weighted by Crippen LogP contribution is 2.25. The molecule has 6 heteroatoms. The number of pyridine rings is 1. The molecule has 0 atom stereocenters. The molecule has 0 saturated heterocycles. The second-order valence-corrected chi connectivity index (χ2v) is 3.25. The van der Waals surface area contributed by atoms with E-state index < -0.39 is 18.7 Å². The van der Waals surface area contributed by atoms with Crippen LogP contribution in [0.3, 0.4) is 0 Å². The Morgan fingerprint density at radius 3 is 2.71 bits per heavy atom. The van der Waals surface area contributed by atoms with Crippen LogP contribution >= 0.6 is 15.9 Å². The van der Waals surface area contributed by atoms with Crippen molar-refractivity contribution >= 4 is 15.9 Å². The molecule has 1 rings (SSSR count). The lowest BCUT2D eigenvalue weighted by molar-refractivity contribution is 0.145. The van der Waals surface area contributed by atoms with E-state index in [0.29, 0.717) is 0 Å². The number of hydrogen-bond donors (Lipinski definition) is 1. The zero-order valence-corrected chi connectivity index (χ0v) is 8.42. The van der Waals surface area contributed by atoms with Gasteiger partial charge in [-0.1, -0.05) is 0 Å². The molecule has 74 valence electrons. The van der Waals surface area contributed by atoms with Crippen molar-refractivity contribution < 1.29 is 13.9 Å². The Balaban J connectivity index is 3.41. The summed E-state index contributed by atoms with van der Waals surface area (Å²) in [7, 11) is 0. The second kappa shape index (κ2) is 4.44. The molecular formula is C8H5BrF2N2O. The van der Waals surface area contributed by atoms with Gasteiger partial charge in [-0.15, -0.1) is 0 Å². The van der Waals surface area contributed by atoms with Gasteiger partial charge in [-0.05, 0) is 27.6 Å². The average molecular weight is 263 g/mol. The number of nitrogens with zero attached hydrogens (tertiary/aromatic N) is 2. The van der Waals surface area contributed by atoms with Gasteiger partial charge < -0.3 is 5.11 Å². The van der Waals surface area contributed by atoms with Crippen LogP contribution in [0.2, 0.25) is 0 Å². The average Bonchev–Trinajstić information content (AvgIpc) is 2.16. The van der Waals surface area contributed by atoms with Crippen LogP contribution in [0.4, 0.5) is 8.78 Å². The molecule has 0 aliphatic rings. The standard InChI is InChI=1S/C8H5BrF2N2O/c9-6-1-4(3-14)5(2-12)7(13-6)8(10)11/h1,8,14H,3H2. The molecule has 1 N–H and O–H groups in total. The van der Waals surface area contributed by atoms with Crippen LogP contribution in [0.25, 0.3) is 0 Å². The molecule has 0 saturated carbocycles. The third kappa shape index (κ3) is 2.05. The second-order valence-electron chi connectivity index (χ2n) is 2.43. The molecule has 0 amide bonds. The first-order valence-corrected chi connectivity index (χ1v) is 4.38. The Labute approximate surface area is 87.1 Å². The van der Waals surface area contributed by atoms with Gasteiger partial charge in [0, 0.05) is 0 Å². The SMILES string of the molecule is N#Cc1c(CO)cc(Br)nc1C(F)F. The van der Waals surface area contributed by atoms with E-state index in [9.17, 15) is 8.78 Å². The Bertz CT molecular complexity index is 390. The van der Waals surface area contributed by atoms with E-state index in [0.717, 1.165) is 0 Å². The molecule has 1 aromatic heterocycles. The number of hydrogen-bond acceptors (Lipinski definition) is 3. The van der Waals surface area contributed by atoms with Crippen LogP contribution in [0, 0.1) is 11.3 Å². The lowest BCUT2D eigenvalue weighted by Gasteiger charge is -2.06. The molecule has 14 heavy (non-hydrogen) atoms. The first kappa shape index (κ1) is 11.0. The number of aromatic nitrogens is 1. The predicted octanol–water partition coefficient (Wildman–Crippen LogP) is 2.15. The third-order valence-electron chi connectivity index (χ3n) is 1.59. The van der Waals surface area contributed by atoms with Crippen molar-refractivity contribution in [1.29, 1.82) is 5.26 Å². The molecule has 0 radical (unpaired) electrons. The van der Waals surface area contributed by atoms with Crippen molar-refractivity contribution in [2.24, 2.45) is 0 Å². The third-order valence-corrected chi connectivity index (χ3v) is 1.99. The van der Waals surface area contributed by atoms with E-state index >= 15 is 0 Å². The largest absolute Gasteiger partial charge is 0.392 e. The number of halogens is 3. The van der Waals surface area contributed by atoms with E-state index in [4.69, 9.17) is 10.4 Å². The van der Waals surface area contributed by atoms with Crippen molar-refractivity contribution in [1.82, 2.24) is 4.98 Å². The van der Waals surface area contributed by atoms with Crippen LogP contribution in [-0.4, -0.2) is 10.1 Å². The van der Waals surface area contributed by atoms with E-state index in [1.54, 1.807) is 6.07 Å². The summed E-state index contributed by atoms with van der Waals surface area (Å²) in [6.45, 7) is -0.469. The number of aliphatic hydroxyl groups is 1. The van der Waals surface area contributed by atoms with Gasteiger partial charge in [0.25, 0.3) is 6.43 Å². The predicted molar refractivity (Wildman–Crippen MR) is 47.5 cm³/mol. The number of nitriles is 1. The highest BCUT2D eigenvalue weighted by molar-refractivity contribution is 9.10. The first-order valence-electron chi connectivity index (χ1n) is 3.58. The maximum atomic E-state index is 12.4. The molecule has 0 bridgehead atoms. The van der Waals surface area contributed by atoms with Gasteiger partial charge in [0.2, 0.25) is 0 Å². The van der Waals surface area contributed by atoms with Crippen molar-refractivity contribution in [2.45, 2.75) is 13.0 Å². The fourth-order valence-electron chi connectivity index (χ4n) is 0.995. The maximum absolute atomic E-state index is 12.4. The van der Waals surface area contributed by atoms with Crippen molar-refractivity contribution in [3.8, 4) is 6.07 Å². The van der Waals surface area contributed by atoms with E-state index in [2.05, 4.69) is 20.9 Å². The van der Waals surface area contributed by atoms with Gasteiger partial charge >= 0.3 is 0 Å². The van der Waals surface area contributed by atoms with Crippen molar-refractivity contribution in [2.75, 3.05) is 0 Å². The van der Waals surface area contributed by atoms with Gasteiger partial charge in [0.15, 0.2) is 0 Å². The zero-order chi connectivity index (χ0) is 10.7. The Morgan fingerprint density at radius 1 is 1.64 bits per heavy atom. The van der Waals surface area contributed by atoms with Crippen molar-refractivity contribution in [3.05, 3.63) is 27.5 Å². The normalized spacial score (nSPS) is 10.3. The van der Waals surface area contributed by atoms with Gasteiger partial charge in [-0.3, -0.25) is 0 Å². The minimum Gasteiger partial charge on any atom is -0.392 e. The Hall–Kier alpha value is -1.06. The van der Waals surface area contributed by atoms with Crippen LogP contribution in [0.1, 0.15) is 23.2 Å². The topological polar surface area (TPSA) is 56.9 Å². The summed E-state index contributed by atoms with van der Waals surface area (Å²) >= 11 is 2.92. The van der Waals surface area contributed by atoms with Gasteiger partial charge in [-0.2, -0.15) is 5.26 Å². The van der Waals surface area contributed by atoms with Crippen LogP contribution in [-0.2, 0) is 6.61 Å². The molecular weight excluding hydrogens is 258 g/mol. The van der Waals surface area contributed by atoms with E-state index in [-0.39, 0.29) is 15.7 Å². The van der Waals surface area contributed by atoms with Gasteiger partial charge in [-0.25, -0.2) is 13.8 Å². The lowest BCUT2D eigenvalue weighted by Crippen LogP contribution is -2.01. The summed E-state index contributed by atoms with van der Waals surface area (Å²) in [5, 5.41) is 17.5. The zero-order valence-electron chi connectivity index (χ0n) is 6.84. The van der Waals surface area contributed by atoms with Gasteiger partial charge in [0.05, 0.1) is 12.2 Å². The molecule has 0 spiro atoms. The van der Waals surface area contributed by atoms with E-state index in [1.165, 1.54) is 6.07 Å². The quantitative estimate of drug-likeness (QED) is 0.831. The molecule has 3 nitrogen and oxygen atoms in total. The molecule has 0 aliphatic carbocycles. The number of rotatable bonds is 2. The molecule has 1 heterocycles. The minimum atomic E-state index is -2.83. The van der Waals surface area contributed by atoms with Crippen LogP contribution in [0.15, 0.2) is 10.7 Å². The fourth-order valence-corrected chi connectivity index (χ4v) is 1.46. The summed E-state index contributed by atoms with van der Waals surface area (Å²) in [6, 6.07) is 2.94. The molecule has 0 aromatic carbocycles. The Morgan fingerprint density at radius 2 is 2.29 bits per heavy atom. The van der Waals surface area contributed by atoms with E-state index in [1.807, 2.05) is 0 Å². The summed E-state index contributed by atoms with van der Waals surface area (Å²) in [4.78, 5) is 3.49. The maximum Gasteiger partial charge on any atom is 0.281 e. The fraction of sp³-hybridized carbons (Fsp3) is 0.250. The molecule has 0 fully saturated rings. The van der Waals surface area contributed by atoms with Crippen LogP contribution in [0.5, 0.6) is 0 Å². The molecule has 0 aliphatic heterocycles. The molecule has 1 aromatic rings. The summed E-state index contributed by atoms with van der Waals surface area (Å²) in [5.74, 6) is 0. The van der Waals surface area contributed by atoms with Crippen LogP contribution < -0.4 is 0 Å².